The van der Waals surface area contributed by atoms with E-state index in [0.29, 0.717) is 51.3 Å². The van der Waals surface area contributed by atoms with Gasteiger partial charge >= 0.3 is 0 Å². The third-order valence-electron chi connectivity index (χ3n) is 6.28. The zero-order valence-corrected chi connectivity index (χ0v) is 17.7. The first-order chi connectivity index (χ1) is 15.1. The fourth-order valence-electron chi connectivity index (χ4n) is 4.47. The van der Waals surface area contributed by atoms with Crippen LogP contribution in [0.25, 0.3) is 0 Å². The SMILES string of the molecule is O=C(NCc1ccccc1)C1CCN(C(=O)[C@@H]2CCCN(C(=O)c3ccco3)C2)CC1. The summed E-state index contributed by atoms with van der Waals surface area (Å²) in [5, 5.41) is 3.01. The molecule has 31 heavy (non-hydrogen) atoms. The second-order valence-corrected chi connectivity index (χ2v) is 8.37. The lowest BCUT2D eigenvalue weighted by Crippen LogP contribution is -2.49. The molecule has 2 aromatic rings. The standard InChI is InChI=1S/C24H29N3O4/c28-22(25-16-18-6-2-1-3-7-18)19-10-13-26(14-11-19)23(29)20-8-4-12-27(17-20)24(30)21-9-5-15-31-21/h1-3,5-7,9,15,19-20H,4,8,10-14,16-17H2,(H,25,28)/t20-/m1/s1. The number of nitrogens with zero attached hydrogens (tertiary/aromatic N) is 2. The molecule has 0 unspecified atom stereocenters. The lowest BCUT2D eigenvalue weighted by Gasteiger charge is -2.37. The minimum atomic E-state index is -0.184. The van der Waals surface area contributed by atoms with E-state index in [0.717, 1.165) is 18.4 Å². The summed E-state index contributed by atoms with van der Waals surface area (Å²) in [7, 11) is 0. The van der Waals surface area contributed by atoms with Crippen molar-refractivity contribution in [2.45, 2.75) is 32.2 Å². The van der Waals surface area contributed by atoms with Crippen molar-refractivity contribution in [3.8, 4) is 0 Å². The normalized spacial score (nSPS) is 19.8. The van der Waals surface area contributed by atoms with E-state index in [1.165, 1.54) is 6.26 Å². The Kier molecular flexibility index (Phi) is 6.70. The Morgan fingerprint density at radius 3 is 2.39 bits per heavy atom. The average Bonchev–Trinajstić information content (AvgIpc) is 3.37. The molecule has 2 aliphatic heterocycles. The zero-order valence-electron chi connectivity index (χ0n) is 17.7. The average molecular weight is 424 g/mol. The summed E-state index contributed by atoms with van der Waals surface area (Å²) in [4.78, 5) is 41.7. The Labute approximate surface area is 182 Å². The smallest absolute Gasteiger partial charge is 0.289 e. The highest BCUT2D eigenvalue weighted by Crippen LogP contribution is 2.24. The van der Waals surface area contributed by atoms with Crippen LogP contribution in [0.3, 0.4) is 0 Å². The first-order valence-corrected chi connectivity index (χ1v) is 11.0. The topological polar surface area (TPSA) is 82.9 Å². The Hall–Kier alpha value is -3.09. The maximum absolute atomic E-state index is 13.1. The number of carbonyl (C=O) groups excluding carboxylic acids is 3. The summed E-state index contributed by atoms with van der Waals surface area (Å²) in [5.74, 6) is 0.0721. The number of benzene rings is 1. The fourth-order valence-corrected chi connectivity index (χ4v) is 4.47. The number of furan rings is 1. The van der Waals surface area contributed by atoms with Crippen LogP contribution in [0.15, 0.2) is 53.1 Å². The van der Waals surface area contributed by atoms with Gasteiger partial charge in [-0.05, 0) is 43.4 Å². The number of likely N-dealkylation sites (tertiary alicyclic amines) is 2. The second kappa shape index (κ2) is 9.81. The van der Waals surface area contributed by atoms with Gasteiger partial charge in [0.15, 0.2) is 5.76 Å². The number of amides is 3. The summed E-state index contributed by atoms with van der Waals surface area (Å²) in [6.07, 6.45) is 4.43. The molecule has 3 amide bonds. The van der Waals surface area contributed by atoms with Gasteiger partial charge in [-0.3, -0.25) is 14.4 Å². The second-order valence-electron chi connectivity index (χ2n) is 8.37. The van der Waals surface area contributed by atoms with Gasteiger partial charge in [-0.15, -0.1) is 0 Å². The van der Waals surface area contributed by atoms with E-state index in [1.807, 2.05) is 35.2 Å². The van der Waals surface area contributed by atoms with Gasteiger partial charge in [0.2, 0.25) is 11.8 Å². The molecule has 0 saturated carbocycles. The lowest BCUT2D eigenvalue weighted by molar-refractivity contribution is -0.140. The Morgan fingerprint density at radius 2 is 1.68 bits per heavy atom. The van der Waals surface area contributed by atoms with Gasteiger partial charge in [-0.2, -0.15) is 0 Å². The first-order valence-electron chi connectivity index (χ1n) is 11.0. The van der Waals surface area contributed by atoms with Crippen molar-refractivity contribution in [3.63, 3.8) is 0 Å². The van der Waals surface area contributed by atoms with Gasteiger partial charge in [0.05, 0.1) is 12.2 Å². The van der Waals surface area contributed by atoms with Crippen LogP contribution in [0.4, 0.5) is 0 Å². The molecule has 1 aromatic heterocycles. The number of carbonyl (C=O) groups is 3. The summed E-state index contributed by atoms with van der Waals surface area (Å²) in [6.45, 7) is 2.78. The molecule has 3 heterocycles. The first kappa shape index (κ1) is 21.2. The lowest BCUT2D eigenvalue weighted by atomic mass is 9.92. The summed E-state index contributed by atoms with van der Waals surface area (Å²) >= 11 is 0. The highest BCUT2D eigenvalue weighted by molar-refractivity contribution is 5.92. The van der Waals surface area contributed by atoms with Gasteiger partial charge in [-0.25, -0.2) is 0 Å². The van der Waals surface area contributed by atoms with E-state index in [4.69, 9.17) is 4.42 Å². The molecule has 1 N–H and O–H groups in total. The Balaban J connectivity index is 1.25. The predicted molar refractivity (Wildman–Crippen MR) is 115 cm³/mol. The van der Waals surface area contributed by atoms with Crippen LogP contribution in [-0.2, 0) is 16.1 Å². The highest BCUT2D eigenvalue weighted by atomic mass is 16.3. The van der Waals surface area contributed by atoms with E-state index in [2.05, 4.69) is 5.32 Å². The van der Waals surface area contributed by atoms with Crippen molar-refractivity contribution in [3.05, 3.63) is 60.1 Å². The van der Waals surface area contributed by atoms with Gasteiger partial charge in [-0.1, -0.05) is 30.3 Å². The molecule has 2 saturated heterocycles. The number of hydrogen-bond acceptors (Lipinski definition) is 4. The monoisotopic (exact) mass is 423 g/mol. The number of hydrogen-bond donors (Lipinski definition) is 1. The van der Waals surface area contributed by atoms with Crippen molar-refractivity contribution >= 4 is 17.7 Å². The third kappa shape index (κ3) is 5.16. The molecule has 7 nitrogen and oxygen atoms in total. The predicted octanol–water partition coefficient (Wildman–Crippen LogP) is 2.69. The molecule has 2 fully saturated rings. The number of rotatable bonds is 5. The van der Waals surface area contributed by atoms with E-state index in [1.54, 1.807) is 17.0 Å². The van der Waals surface area contributed by atoms with Crippen LogP contribution in [-0.4, -0.2) is 53.7 Å². The van der Waals surface area contributed by atoms with E-state index in [9.17, 15) is 14.4 Å². The van der Waals surface area contributed by atoms with Crippen LogP contribution in [0.2, 0.25) is 0 Å². The van der Waals surface area contributed by atoms with Gasteiger partial charge in [0.1, 0.15) is 0 Å². The molecule has 164 valence electrons. The minimum Gasteiger partial charge on any atom is -0.459 e. The molecule has 0 radical (unpaired) electrons. The number of nitrogens with one attached hydrogen (secondary N) is 1. The summed E-state index contributed by atoms with van der Waals surface area (Å²) in [5.41, 5.74) is 1.08. The molecule has 4 rings (SSSR count). The van der Waals surface area contributed by atoms with E-state index < -0.39 is 0 Å². The molecule has 1 atom stereocenters. The van der Waals surface area contributed by atoms with Crippen molar-refractivity contribution in [2.75, 3.05) is 26.2 Å². The van der Waals surface area contributed by atoms with Gasteiger partial charge in [0, 0.05) is 38.6 Å². The number of piperidine rings is 2. The quantitative estimate of drug-likeness (QED) is 0.802. The van der Waals surface area contributed by atoms with Crippen LogP contribution in [0, 0.1) is 11.8 Å². The van der Waals surface area contributed by atoms with E-state index in [-0.39, 0.29) is 29.6 Å². The maximum Gasteiger partial charge on any atom is 0.289 e. The zero-order chi connectivity index (χ0) is 21.6. The van der Waals surface area contributed by atoms with Crippen molar-refractivity contribution in [2.24, 2.45) is 11.8 Å². The molecule has 0 spiro atoms. The minimum absolute atomic E-state index is 0.0591. The largest absolute Gasteiger partial charge is 0.459 e. The Bertz CT molecular complexity index is 889. The molecule has 2 aliphatic rings. The molecule has 0 aliphatic carbocycles. The van der Waals surface area contributed by atoms with Crippen LogP contribution < -0.4 is 5.32 Å². The van der Waals surface area contributed by atoms with Crippen LogP contribution in [0.5, 0.6) is 0 Å². The van der Waals surface area contributed by atoms with Crippen molar-refractivity contribution in [1.29, 1.82) is 0 Å². The van der Waals surface area contributed by atoms with Gasteiger partial charge in [0.25, 0.3) is 5.91 Å². The van der Waals surface area contributed by atoms with Gasteiger partial charge < -0.3 is 19.5 Å². The van der Waals surface area contributed by atoms with Crippen LogP contribution in [0.1, 0.15) is 41.8 Å². The molecule has 7 heteroatoms. The molecular weight excluding hydrogens is 394 g/mol. The summed E-state index contributed by atoms with van der Waals surface area (Å²) in [6, 6.07) is 13.2. The maximum atomic E-state index is 13.1. The highest BCUT2D eigenvalue weighted by Gasteiger charge is 2.34. The molecule has 1 aromatic carbocycles. The molecular formula is C24H29N3O4. The van der Waals surface area contributed by atoms with Crippen LogP contribution >= 0.6 is 0 Å². The third-order valence-corrected chi connectivity index (χ3v) is 6.28. The van der Waals surface area contributed by atoms with Crippen molar-refractivity contribution < 1.29 is 18.8 Å². The summed E-state index contributed by atoms with van der Waals surface area (Å²) < 4.78 is 5.22. The molecule has 0 bridgehead atoms. The van der Waals surface area contributed by atoms with E-state index >= 15 is 0 Å². The fraction of sp³-hybridized carbons (Fsp3) is 0.458. The van der Waals surface area contributed by atoms with Crippen molar-refractivity contribution in [1.82, 2.24) is 15.1 Å². The Morgan fingerprint density at radius 1 is 0.903 bits per heavy atom.